The highest BCUT2D eigenvalue weighted by molar-refractivity contribution is 8.18. The fraction of sp³-hybridized carbons (Fsp3) is 0.360. The maximum atomic E-state index is 13.5. The van der Waals surface area contributed by atoms with E-state index in [0.29, 0.717) is 15.6 Å². The van der Waals surface area contributed by atoms with Gasteiger partial charge in [0.2, 0.25) is 0 Å². The molecule has 0 aromatic heterocycles. The Balaban J connectivity index is 1.74. The molecule has 2 aromatic carbocycles. The fourth-order valence-electron chi connectivity index (χ4n) is 4.34. The smallest absolute Gasteiger partial charge is 0.311 e. The summed E-state index contributed by atoms with van der Waals surface area (Å²) in [4.78, 5) is 31.7. The number of nitrogens with zero attached hydrogens (tertiary/aromatic N) is 3. The summed E-state index contributed by atoms with van der Waals surface area (Å²) in [6.07, 6.45) is 7.87. The van der Waals surface area contributed by atoms with Gasteiger partial charge < -0.3 is 4.74 Å². The van der Waals surface area contributed by atoms with Crippen LogP contribution in [0.15, 0.2) is 52.4 Å². The number of ether oxygens (including phenoxy) is 1. The number of nitro benzene ring substituents is 1. The van der Waals surface area contributed by atoms with Crippen LogP contribution in [0.2, 0.25) is 0 Å². The molecule has 2 aliphatic rings. The lowest BCUT2D eigenvalue weighted by atomic mass is 9.94. The van der Waals surface area contributed by atoms with Gasteiger partial charge in [0, 0.05) is 12.1 Å². The topological polar surface area (TPSA) is 85.0 Å². The molecular formula is C25H27N3O4S. The number of aryl methyl sites for hydroxylation is 1. The van der Waals surface area contributed by atoms with Gasteiger partial charge in [-0.2, -0.15) is 0 Å². The van der Waals surface area contributed by atoms with E-state index in [1.165, 1.54) is 31.4 Å². The monoisotopic (exact) mass is 465 g/mol. The molecule has 2 fully saturated rings. The number of para-hydroxylation sites is 1. The largest absolute Gasteiger partial charge is 0.490 e. The Labute approximate surface area is 197 Å². The van der Waals surface area contributed by atoms with E-state index in [0.717, 1.165) is 43.4 Å². The zero-order valence-corrected chi connectivity index (χ0v) is 19.6. The molecule has 4 rings (SSSR count). The summed E-state index contributed by atoms with van der Waals surface area (Å²) < 4.78 is 5.09. The van der Waals surface area contributed by atoms with E-state index in [1.807, 2.05) is 23.1 Å². The number of hydrogen-bond donors (Lipinski definition) is 0. The number of rotatable bonds is 6. The van der Waals surface area contributed by atoms with Crippen LogP contribution >= 0.6 is 11.8 Å². The molecule has 7 nitrogen and oxygen atoms in total. The van der Waals surface area contributed by atoms with Crippen LogP contribution in [-0.4, -0.2) is 34.0 Å². The van der Waals surface area contributed by atoms with Gasteiger partial charge in [0.05, 0.1) is 22.6 Å². The third-order valence-electron chi connectivity index (χ3n) is 6.06. The molecule has 172 valence electrons. The second-order valence-electron chi connectivity index (χ2n) is 8.14. The van der Waals surface area contributed by atoms with Crippen LogP contribution in [-0.2, 0) is 11.2 Å². The second kappa shape index (κ2) is 10.2. The predicted octanol–water partition coefficient (Wildman–Crippen LogP) is 6.10. The van der Waals surface area contributed by atoms with Gasteiger partial charge in [0.1, 0.15) is 0 Å². The van der Waals surface area contributed by atoms with E-state index < -0.39 is 4.92 Å². The Morgan fingerprint density at radius 3 is 2.67 bits per heavy atom. The number of amides is 1. The summed E-state index contributed by atoms with van der Waals surface area (Å²) in [5.41, 5.74) is 2.46. The van der Waals surface area contributed by atoms with Gasteiger partial charge in [-0.3, -0.25) is 19.8 Å². The number of benzene rings is 2. The Morgan fingerprint density at radius 1 is 1.21 bits per heavy atom. The second-order valence-corrected chi connectivity index (χ2v) is 9.15. The molecule has 0 unspecified atom stereocenters. The van der Waals surface area contributed by atoms with Crippen molar-refractivity contribution in [2.45, 2.75) is 51.5 Å². The minimum Gasteiger partial charge on any atom is -0.490 e. The van der Waals surface area contributed by atoms with Crippen molar-refractivity contribution in [3.8, 4) is 5.75 Å². The highest BCUT2D eigenvalue weighted by Gasteiger charge is 2.38. The van der Waals surface area contributed by atoms with Gasteiger partial charge in [-0.15, -0.1) is 0 Å². The lowest BCUT2D eigenvalue weighted by Gasteiger charge is -2.30. The van der Waals surface area contributed by atoms with Crippen LogP contribution < -0.4 is 4.74 Å². The number of thioether (sulfide) groups is 1. The first-order chi connectivity index (χ1) is 16.0. The number of amidine groups is 1. The first kappa shape index (κ1) is 23.0. The van der Waals surface area contributed by atoms with E-state index in [4.69, 9.17) is 9.73 Å². The number of methoxy groups -OCH3 is 1. The molecule has 1 saturated heterocycles. The van der Waals surface area contributed by atoms with Gasteiger partial charge in [0.15, 0.2) is 10.9 Å². The number of hydrogen-bond acceptors (Lipinski definition) is 6. The van der Waals surface area contributed by atoms with Crippen molar-refractivity contribution >= 4 is 40.3 Å². The van der Waals surface area contributed by atoms with Crippen molar-refractivity contribution in [1.29, 1.82) is 0 Å². The van der Waals surface area contributed by atoms with Crippen molar-refractivity contribution in [2.24, 2.45) is 4.99 Å². The van der Waals surface area contributed by atoms with E-state index in [2.05, 4.69) is 13.0 Å². The molecular weight excluding hydrogens is 438 g/mol. The van der Waals surface area contributed by atoms with Crippen molar-refractivity contribution in [1.82, 2.24) is 4.90 Å². The van der Waals surface area contributed by atoms with Crippen molar-refractivity contribution in [2.75, 3.05) is 7.11 Å². The molecule has 0 radical (unpaired) electrons. The van der Waals surface area contributed by atoms with Crippen LogP contribution in [0, 0.1) is 10.1 Å². The molecule has 1 amide bonds. The van der Waals surface area contributed by atoms with Crippen molar-refractivity contribution in [3.63, 3.8) is 0 Å². The Kier molecular flexibility index (Phi) is 7.13. The van der Waals surface area contributed by atoms with E-state index in [1.54, 1.807) is 18.2 Å². The SMILES string of the molecule is CCc1ccccc1N=C1S/C(=C/c2ccc(OC)c([N+](=O)[O-])c2)C(=O)N1C1CCCCC1. The van der Waals surface area contributed by atoms with Crippen molar-refractivity contribution < 1.29 is 14.5 Å². The summed E-state index contributed by atoms with van der Waals surface area (Å²) in [6, 6.07) is 12.8. The first-order valence-electron chi connectivity index (χ1n) is 11.2. The summed E-state index contributed by atoms with van der Waals surface area (Å²) in [6.45, 7) is 2.09. The lowest BCUT2D eigenvalue weighted by molar-refractivity contribution is -0.385. The average Bonchev–Trinajstić information content (AvgIpc) is 3.14. The number of nitro groups is 1. The van der Waals surface area contributed by atoms with Crippen LogP contribution in [0.5, 0.6) is 5.75 Å². The van der Waals surface area contributed by atoms with Crippen LogP contribution in [0.3, 0.4) is 0 Å². The summed E-state index contributed by atoms with van der Waals surface area (Å²) >= 11 is 1.34. The zero-order valence-electron chi connectivity index (χ0n) is 18.8. The Morgan fingerprint density at radius 2 is 1.97 bits per heavy atom. The third-order valence-corrected chi connectivity index (χ3v) is 7.05. The normalized spacial score (nSPS) is 19.5. The quantitative estimate of drug-likeness (QED) is 0.292. The molecule has 1 saturated carbocycles. The minimum atomic E-state index is -0.479. The highest BCUT2D eigenvalue weighted by atomic mass is 32.2. The molecule has 1 heterocycles. The standard InChI is InChI=1S/C25H27N3O4S/c1-3-18-9-7-8-12-20(18)26-25-27(19-10-5-4-6-11-19)24(29)23(33-25)16-17-13-14-22(32-2)21(15-17)28(30)31/h7-9,12-16,19H,3-6,10-11H2,1-2H3/b23-16+,26-25?. The highest BCUT2D eigenvalue weighted by Crippen LogP contribution is 2.39. The fourth-order valence-corrected chi connectivity index (χ4v) is 5.39. The number of carbonyl (C=O) groups is 1. The Bertz CT molecular complexity index is 1120. The van der Waals surface area contributed by atoms with E-state index in [-0.39, 0.29) is 23.4 Å². The van der Waals surface area contributed by atoms with Gasteiger partial charge >= 0.3 is 5.69 Å². The Hall–Kier alpha value is -3.13. The summed E-state index contributed by atoms with van der Waals surface area (Å²) in [5.74, 6) is 0.105. The van der Waals surface area contributed by atoms with Gasteiger partial charge in [-0.25, -0.2) is 4.99 Å². The molecule has 2 aromatic rings. The predicted molar refractivity (Wildman–Crippen MR) is 132 cm³/mol. The van der Waals surface area contributed by atoms with Gasteiger partial charge in [-0.1, -0.05) is 50.5 Å². The summed E-state index contributed by atoms with van der Waals surface area (Å²) in [7, 11) is 1.40. The molecule has 8 heteroatoms. The molecule has 0 N–H and O–H groups in total. The maximum absolute atomic E-state index is 13.5. The van der Waals surface area contributed by atoms with Crippen molar-refractivity contribution in [3.05, 3.63) is 68.6 Å². The molecule has 0 atom stereocenters. The van der Waals surface area contributed by atoms with Crippen LogP contribution in [0.1, 0.15) is 50.2 Å². The van der Waals surface area contributed by atoms with Gasteiger partial charge in [-0.05, 0) is 60.4 Å². The third kappa shape index (κ3) is 4.95. The zero-order chi connectivity index (χ0) is 23.4. The number of aliphatic imine (C=N–C) groups is 1. The lowest BCUT2D eigenvalue weighted by Crippen LogP contribution is -2.40. The van der Waals surface area contributed by atoms with E-state index in [9.17, 15) is 14.9 Å². The molecule has 0 spiro atoms. The van der Waals surface area contributed by atoms with Gasteiger partial charge in [0.25, 0.3) is 5.91 Å². The molecule has 0 bridgehead atoms. The average molecular weight is 466 g/mol. The van der Waals surface area contributed by atoms with Crippen LogP contribution in [0.25, 0.3) is 6.08 Å². The molecule has 1 aliphatic heterocycles. The first-order valence-corrected chi connectivity index (χ1v) is 12.1. The number of carbonyl (C=O) groups excluding carboxylic acids is 1. The molecule has 33 heavy (non-hydrogen) atoms. The maximum Gasteiger partial charge on any atom is 0.311 e. The van der Waals surface area contributed by atoms with E-state index >= 15 is 0 Å². The molecule has 1 aliphatic carbocycles. The summed E-state index contributed by atoms with van der Waals surface area (Å²) in [5, 5.41) is 12.1. The van der Waals surface area contributed by atoms with Crippen LogP contribution in [0.4, 0.5) is 11.4 Å². The minimum absolute atomic E-state index is 0.0851.